The lowest BCUT2D eigenvalue weighted by Gasteiger charge is -1.79. The Kier molecular flexibility index (Phi) is 6.83. The summed E-state index contributed by atoms with van der Waals surface area (Å²) >= 11 is 10.9. The van der Waals surface area contributed by atoms with E-state index in [9.17, 15) is 0 Å². The van der Waals surface area contributed by atoms with Crippen LogP contribution in [0.15, 0.2) is 21.4 Å². The number of halogens is 2. The Morgan fingerprint density at radius 1 is 0.889 bits per heavy atom. The standard InChI is InChI=1S/2C6H8ClNO/c2*1-2-5-4-9-6(3-7)8-5/h2*4H,2-3H2,1H3. The van der Waals surface area contributed by atoms with Gasteiger partial charge in [-0.15, -0.1) is 23.2 Å². The largest absolute Gasteiger partial charge is 0.447 e. The van der Waals surface area contributed by atoms with Crippen molar-refractivity contribution in [1.82, 2.24) is 9.97 Å². The third-order valence-electron chi connectivity index (χ3n) is 2.15. The van der Waals surface area contributed by atoms with E-state index < -0.39 is 0 Å². The first-order chi connectivity index (χ1) is 8.73. The molecule has 0 aromatic carbocycles. The van der Waals surface area contributed by atoms with Crippen molar-refractivity contribution < 1.29 is 8.83 Å². The van der Waals surface area contributed by atoms with Crippen LogP contribution >= 0.6 is 23.2 Å². The van der Waals surface area contributed by atoms with Gasteiger partial charge >= 0.3 is 0 Å². The number of hydrogen-bond donors (Lipinski definition) is 0. The number of oxazole rings is 2. The van der Waals surface area contributed by atoms with Gasteiger partial charge in [0.25, 0.3) is 0 Å². The Morgan fingerprint density at radius 3 is 1.44 bits per heavy atom. The Balaban J connectivity index is 0.000000180. The summed E-state index contributed by atoms with van der Waals surface area (Å²) in [6.07, 6.45) is 5.08. The van der Waals surface area contributed by atoms with Crippen LogP contribution in [-0.4, -0.2) is 9.97 Å². The van der Waals surface area contributed by atoms with E-state index in [1.165, 1.54) is 0 Å². The molecule has 100 valence electrons. The van der Waals surface area contributed by atoms with E-state index in [0.29, 0.717) is 23.5 Å². The molecule has 2 aromatic heterocycles. The average Bonchev–Trinajstić information content (AvgIpc) is 3.07. The van der Waals surface area contributed by atoms with E-state index in [1.807, 2.05) is 13.8 Å². The number of aryl methyl sites for hydroxylation is 2. The molecule has 0 spiro atoms. The molecule has 0 unspecified atom stereocenters. The molecule has 0 aliphatic heterocycles. The Bertz CT molecular complexity index is 375. The first-order valence-electron chi connectivity index (χ1n) is 5.71. The number of aromatic nitrogens is 2. The van der Waals surface area contributed by atoms with Crippen molar-refractivity contribution >= 4 is 23.2 Å². The topological polar surface area (TPSA) is 52.1 Å². The minimum absolute atomic E-state index is 0.361. The summed E-state index contributed by atoms with van der Waals surface area (Å²) in [6.45, 7) is 4.05. The van der Waals surface area contributed by atoms with E-state index >= 15 is 0 Å². The highest BCUT2D eigenvalue weighted by Crippen LogP contribution is 2.04. The van der Waals surface area contributed by atoms with E-state index in [1.54, 1.807) is 12.5 Å². The summed E-state index contributed by atoms with van der Waals surface area (Å²) < 4.78 is 9.92. The molecule has 4 nitrogen and oxygen atoms in total. The smallest absolute Gasteiger partial charge is 0.209 e. The zero-order valence-electron chi connectivity index (χ0n) is 10.4. The SMILES string of the molecule is CCc1coc(CCl)n1.CCc1coc(CCl)n1. The van der Waals surface area contributed by atoms with Crippen LogP contribution in [0.2, 0.25) is 0 Å². The molecule has 0 aliphatic carbocycles. The summed E-state index contributed by atoms with van der Waals surface area (Å²) in [6, 6.07) is 0. The second kappa shape index (κ2) is 8.16. The number of rotatable bonds is 4. The molecule has 2 rings (SSSR count). The normalized spacial score (nSPS) is 10.0. The van der Waals surface area contributed by atoms with Crippen molar-refractivity contribution in [2.24, 2.45) is 0 Å². The van der Waals surface area contributed by atoms with Crippen LogP contribution in [0.1, 0.15) is 37.0 Å². The lowest BCUT2D eigenvalue weighted by atomic mass is 10.4. The van der Waals surface area contributed by atoms with Crippen LogP contribution in [-0.2, 0) is 24.6 Å². The maximum absolute atomic E-state index is 5.44. The van der Waals surface area contributed by atoms with Gasteiger partial charge < -0.3 is 8.83 Å². The fourth-order valence-corrected chi connectivity index (χ4v) is 1.39. The molecule has 0 fully saturated rings. The molecule has 0 atom stereocenters. The van der Waals surface area contributed by atoms with Crippen LogP contribution in [0.4, 0.5) is 0 Å². The zero-order chi connectivity index (χ0) is 13.4. The molecule has 6 heteroatoms. The number of hydrogen-bond acceptors (Lipinski definition) is 4. The minimum atomic E-state index is 0.361. The molecule has 0 aliphatic rings. The van der Waals surface area contributed by atoms with Gasteiger partial charge in [0, 0.05) is 0 Å². The van der Waals surface area contributed by atoms with Crippen LogP contribution < -0.4 is 0 Å². The predicted octanol–water partition coefficient (Wildman–Crippen LogP) is 3.95. The maximum atomic E-state index is 5.44. The molecule has 18 heavy (non-hydrogen) atoms. The summed E-state index contributed by atoms with van der Waals surface area (Å²) in [5.74, 6) is 1.93. The molecule has 0 saturated heterocycles. The van der Waals surface area contributed by atoms with E-state index in [0.717, 1.165) is 24.2 Å². The van der Waals surface area contributed by atoms with Crippen molar-refractivity contribution in [2.45, 2.75) is 38.4 Å². The number of nitrogens with zero attached hydrogens (tertiary/aromatic N) is 2. The molecule has 0 bridgehead atoms. The van der Waals surface area contributed by atoms with Crippen LogP contribution in [0.3, 0.4) is 0 Å². The van der Waals surface area contributed by atoms with Gasteiger partial charge in [-0.25, -0.2) is 9.97 Å². The summed E-state index contributed by atoms with van der Waals surface area (Å²) in [7, 11) is 0. The minimum Gasteiger partial charge on any atom is -0.447 e. The van der Waals surface area contributed by atoms with Crippen molar-refractivity contribution in [1.29, 1.82) is 0 Å². The molecular weight excluding hydrogens is 275 g/mol. The quantitative estimate of drug-likeness (QED) is 0.800. The van der Waals surface area contributed by atoms with E-state index in [4.69, 9.17) is 32.0 Å². The first-order valence-corrected chi connectivity index (χ1v) is 6.78. The molecule has 2 aromatic rings. The Hall–Kier alpha value is -1.00. The summed E-state index contributed by atoms with van der Waals surface area (Å²) in [5.41, 5.74) is 1.93. The lowest BCUT2D eigenvalue weighted by Crippen LogP contribution is -1.79. The highest BCUT2D eigenvalue weighted by Gasteiger charge is 1.98. The molecule has 2 heterocycles. The molecule has 0 saturated carbocycles. The molecule has 0 radical (unpaired) electrons. The van der Waals surface area contributed by atoms with Gasteiger partial charge in [0.2, 0.25) is 11.8 Å². The van der Waals surface area contributed by atoms with Crippen molar-refractivity contribution in [3.8, 4) is 0 Å². The summed E-state index contributed by atoms with van der Waals surface area (Å²) in [5, 5.41) is 0. The fraction of sp³-hybridized carbons (Fsp3) is 0.500. The van der Waals surface area contributed by atoms with E-state index in [-0.39, 0.29) is 0 Å². The lowest BCUT2D eigenvalue weighted by molar-refractivity contribution is 0.515. The van der Waals surface area contributed by atoms with Crippen molar-refractivity contribution in [3.05, 3.63) is 35.7 Å². The number of alkyl halides is 2. The third-order valence-corrected chi connectivity index (χ3v) is 2.61. The van der Waals surface area contributed by atoms with Crippen LogP contribution in [0, 0.1) is 0 Å². The van der Waals surface area contributed by atoms with Crippen LogP contribution in [0.5, 0.6) is 0 Å². The van der Waals surface area contributed by atoms with Crippen molar-refractivity contribution in [3.63, 3.8) is 0 Å². The monoisotopic (exact) mass is 290 g/mol. The van der Waals surface area contributed by atoms with Gasteiger partial charge in [-0.2, -0.15) is 0 Å². The van der Waals surface area contributed by atoms with Gasteiger partial charge in [0.15, 0.2) is 0 Å². The second-order valence-electron chi connectivity index (χ2n) is 3.44. The first kappa shape index (κ1) is 15.1. The van der Waals surface area contributed by atoms with E-state index in [2.05, 4.69) is 9.97 Å². The Labute approximate surface area is 116 Å². The molecule has 0 amide bonds. The van der Waals surface area contributed by atoms with Gasteiger partial charge in [-0.1, -0.05) is 13.8 Å². The molecular formula is C12H16Cl2N2O2. The van der Waals surface area contributed by atoms with Gasteiger partial charge in [0.1, 0.15) is 12.5 Å². The summed E-state index contributed by atoms with van der Waals surface area (Å²) in [4.78, 5) is 8.10. The zero-order valence-corrected chi connectivity index (χ0v) is 12.0. The Morgan fingerprint density at radius 2 is 1.28 bits per heavy atom. The van der Waals surface area contributed by atoms with Gasteiger partial charge in [0.05, 0.1) is 23.1 Å². The maximum Gasteiger partial charge on any atom is 0.209 e. The van der Waals surface area contributed by atoms with Gasteiger partial charge in [-0.3, -0.25) is 0 Å². The highest BCUT2D eigenvalue weighted by atomic mass is 35.5. The van der Waals surface area contributed by atoms with Crippen LogP contribution in [0.25, 0.3) is 0 Å². The highest BCUT2D eigenvalue weighted by molar-refractivity contribution is 6.16. The molecule has 0 N–H and O–H groups in total. The third kappa shape index (κ3) is 4.70. The predicted molar refractivity (Wildman–Crippen MR) is 70.9 cm³/mol. The van der Waals surface area contributed by atoms with Crippen molar-refractivity contribution in [2.75, 3.05) is 0 Å². The average molecular weight is 291 g/mol. The fourth-order valence-electron chi connectivity index (χ4n) is 1.15. The van der Waals surface area contributed by atoms with Gasteiger partial charge in [-0.05, 0) is 12.8 Å². The second-order valence-corrected chi connectivity index (χ2v) is 3.97.